The number of phenolic OH excluding ortho intramolecular Hbond substituents is 1. The van der Waals surface area contributed by atoms with Gasteiger partial charge in [0.2, 0.25) is 5.16 Å². The molecule has 3 rings (SSSR count). The van der Waals surface area contributed by atoms with Gasteiger partial charge in [-0.15, -0.1) is 5.10 Å². The summed E-state index contributed by atoms with van der Waals surface area (Å²) in [6, 6.07) is 10.2. The summed E-state index contributed by atoms with van der Waals surface area (Å²) >= 11 is 8.74. The van der Waals surface area contributed by atoms with E-state index >= 15 is 0 Å². The lowest BCUT2D eigenvalue weighted by atomic mass is 10.2. The van der Waals surface area contributed by atoms with Gasteiger partial charge in [-0.05, 0) is 82.4 Å². The van der Waals surface area contributed by atoms with E-state index in [1.54, 1.807) is 36.4 Å². The van der Waals surface area contributed by atoms with Crippen molar-refractivity contribution in [2.24, 2.45) is 0 Å². The van der Waals surface area contributed by atoms with Crippen LogP contribution in [0.5, 0.6) is 11.5 Å². The second-order valence-corrected chi connectivity index (χ2v) is 8.05. The van der Waals surface area contributed by atoms with E-state index in [2.05, 4.69) is 15.2 Å². The number of halogens is 2. The number of hydrogen-bond acceptors (Lipinski definition) is 6. The normalized spacial score (nSPS) is 11.5. The molecule has 0 fully saturated rings. The smallest absolute Gasteiger partial charge is 0.342 e. The highest BCUT2D eigenvalue weighted by atomic mass is 127. The molecule has 7 nitrogen and oxygen atoms in total. The van der Waals surface area contributed by atoms with Crippen molar-refractivity contribution >= 4 is 58.0 Å². The zero-order valence-corrected chi connectivity index (χ0v) is 18.0. The van der Waals surface area contributed by atoms with E-state index in [1.807, 2.05) is 22.6 Å². The van der Waals surface area contributed by atoms with Gasteiger partial charge < -0.3 is 14.9 Å². The number of rotatable bonds is 6. The fraction of sp³-hybridized carbons (Fsp3) is 0.0556. The number of aromatic nitrogens is 3. The molecule has 1 heterocycles. The summed E-state index contributed by atoms with van der Waals surface area (Å²) < 4.78 is 5.65. The van der Waals surface area contributed by atoms with Gasteiger partial charge in [0, 0.05) is 10.6 Å². The Labute approximate surface area is 182 Å². The van der Waals surface area contributed by atoms with Crippen molar-refractivity contribution in [3.8, 4) is 22.9 Å². The Morgan fingerprint density at radius 1 is 1.32 bits per heavy atom. The van der Waals surface area contributed by atoms with Gasteiger partial charge in [-0.25, -0.2) is 9.78 Å². The molecule has 144 valence electrons. The Morgan fingerprint density at radius 3 is 2.68 bits per heavy atom. The molecule has 1 aromatic heterocycles. The van der Waals surface area contributed by atoms with Crippen LogP contribution in [0.15, 0.2) is 46.5 Å². The van der Waals surface area contributed by atoms with Gasteiger partial charge in [0.25, 0.3) is 0 Å². The molecule has 10 heteroatoms. The summed E-state index contributed by atoms with van der Waals surface area (Å²) in [6.07, 6.45) is 1.47. The number of aliphatic carboxylic acids is 1. The number of thioether (sulfide) groups is 1. The third-order valence-electron chi connectivity index (χ3n) is 3.56. The van der Waals surface area contributed by atoms with Crippen LogP contribution in [0.3, 0.4) is 0 Å². The molecular weight excluding hydrogens is 517 g/mol. The Kier molecular flexibility index (Phi) is 6.47. The maximum Gasteiger partial charge on any atom is 0.342 e. The lowest BCUT2D eigenvalue weighted by Gasteiger charge is -2.07. The first-order valence-corrected chi connectivity index (χ1v) is 10.0. The first-order valence-electron chi connectivity index (χ1n) is 7.75. The van der Waals surface area contributed by atoms with E-state index in [-0.39, 0.29) is 21.6 Å². The minimum Gasteiger partial charge on any atom is -0.504 e. The van der Waals surface area contributed by atoms with Crippen LogP contribution in [0.1, 0.15) is 5.56 Å². The maximum atomic E-state index is 11.7. The summed E-state index contributed by atoms with van der Waals surface area (Å²) in [5, 5.41) is 27.2. The molecule has 3 N–H and O–H groups in total. The number of aromatic hydroxyl groups is 1. The standard InChI is InChI=1S/C18H13ClIN3O4S/c1-27-13-7-9(6-12(20)15(13)24)8-14(17(25)26)28-18-21-16(22-23-18)10-2-4-11(19)5-3-10/h2-8,24H,1H3,(H,25,26)(H,21,22,23)/b14-8-. The van der Waals surface area contributed by atoms with Gasteiger partial charge in [-0.1, -0.05) is 11.6 Å². The average Bonchev–Trinajstić information content (AvgIpc) is 3.13. The molecule has 0 aliphatic carbocycles. The molecule has 28 heavy (non-hydrogen) atoms. The molecule has 0 radical (unpaired) electrons. The van der Waals surface area contributed by atoms with Crippen LogP contribution in [0.25, 0.3) is 17.5 Å². The highest BCUT2D eigenvalue weighted by Crippen LogP contribution is 2.34. The summed E-state index contributed by atoms with van der Waals surface area (Å²) in [6.45, 7) is 0. The van der Waals surface area contributed by atoms with Crippen molar-refractivity contribution < 1.29 is 19.7 Å². The number of benzene rings is 2. The molecule has 0 aliphatic rings. The van der Waals surface area contributed by atoms with Gasteiger partial charge >= 0.3 is 5.97 Å². The van der Waals surface area contributed by atoms with E-state index in [0.717, 1.165) is 17.3 Å². The predicted molar refractivity (Wildman–Crippen MR) is 116 cm³/mol. The molecule has 0 amide bonds. The Bertz CT molecular complexity index is 1050. The molecule has 0 atom stereocenters. The second-order valence-electron chi connectivity index (χ2n) is 5.44. The second kappa shape index (κ2) is 8.84. The van der Waals surface area contributed by atoms with Gasteiger partial charge in [0.05, 0.1) is 10.7 Å². The fourth-order valence-corrected chi connectivity index (χ4v) is 3.70. The number of nitrogens with one attached hydrogen (secondary N) is 1. The molecule has 3 aromatic rings. The Hall–Kier alpha value is -2.24. The zero-order valence-electron chi connectivity index (χ0n) is 14.3. The van der Waals surface area contributed by atoms with Gasteiger partial charge in [0.15, 0.2) is 17.3 Å². The van der Waals surface area contributed by atoms with Crippen LogP contribution in [0, 0.1) is 3.57 Å². The summed E-state index contributed by atoms with van der Waals surface area (Å²) in [4.78, 5) is 16.0. The molecule has 0 saturated heterocycles. The van der Waals surface area contributed by atoms with Crippen molar-refractivity contribution in [3.05, 3.63) is 55.5 Å². The molecule has 0 spiro atoms. The van der Waals surface area contributed by atoms with Crippen LogP contribution in [-0.2, 0) is 4.79 Å². The van der Waals surface area contributed by atoms with Crippen molar-refractivity contribution in [2.45, 2.75) is 5.16 Å². The first-order chi connectivity index (χ1) is 13.4. The zero-order chi connectivity index (χ0) is 20.3. The molecule has 0 aliphatic heterocycles. The molecule has 0 unspecified atom stereocenters. The summed E-state index contributed by atoms with van der Waals surface area (Å²) in [5.41, 5.74) is 1.35. The third kappa shape index (κ3) is 4.78. The van der Waals surface area contributed by atoms with Gasteiger partial charge in [0.1, 0.15) is 4.91 Å². The molecule has 0 saturated carbocycles. The predicted octanol–water partition coefficient (Wildman–Crippen LogP) is 4.66. The number of aromatic amines is 1. The molecular formula is C18H13ClIN3O4S. The highest BCUT2D eigenvalue weighted by molar-refractivity contribution is 14.1. The topological polar surface area (TPSA) is 108 Å². The number of H-pyrrole nitrogens is 1. The van der Waals surface area contributed by atoms with Crippen LogP contribution in [-0.4, -0.2) is 38.5 Å². The van der Waals surface area contributed by atoms with E-state index in [9.17, 15) is 15.0 Å². The van der Waals surface area contributed by atoms with E-state index in [0.29, 0.717) is 20.0 Å². The number of carbonyl (C=O) groups is 1. The van der Waals surface area contributed by atoms with Crippen molar-refractivity contribution in [1.29, 1.82) is 0 Å². The fourth-order valence-electron chi connectivity index (χ4n) is 2.25. The lowest BCUT2D eigenvalue weighted by Crippen LogP contribution is -1.97. The largest absolute Gasteiger partial charge is 0.504 e. The van der Waals surface area contributed by atoms with E-state index in [4.69, 9.17) is 16.3 Å². The van der Waals surface area contributed by atoms with Crippen LogP contribution in [0.2, 0.25) is 5.02 Å². The van der Waals surface area contributed by atoms with E-state index < -0.39 is 5.97 Å². The minimum atomic E-state index is -1.12. The SMILES string of the molecule is COc1cc(/C=C(\Sc2n[nH]c(-c3ccc(Cl)cc3)n2)C(=O)O)cc(I)c1O. The van der Waals surface area contributed by atoms with E-state index in [1.165, 1.54) is 13.2 Å². The monoisotopic (exact) mass is 529 g/mol. The van der Waals surface area contributed by atoms with Crippen molar-refractivity contribution in [1.82, 2.24) is 15.2 Å². The number of methoxy groups -OCH3 is 1. The van der Waals surface area contributed by atoms with Crippen molar-refractivity contribution in [3.63, 3.8) is 0 Å². The van der Waals surface area contributed by atoms with Crippen LogP contribution >= 0.6 is 46.0 Å². The number of phenols is 1. The number of carboxylic acids is 1. The highest BCUT2D eigenvalue weighted by Gasteiger charge is 2.16. The Morgan fingerprint density at radius 2 is 2.04 bits per heavy atom. The first kappa shape index (κ1) is 20.5. The van der Waals surface area contributed by atoms with Gasteiger partial charge in [-0.2, -0.15) is 0 Å². The summed E-state index contributed by atoms with van der Waals surface area (Å²) in [5.74, 6) is -0.350. The minimum absolute atomic E-state index is 0.00588. The Balaban J connectivity index is 1.88. The number of nitrogens with zero attached hydrogens (tertiary/aromatic N) is 2. The number of carboxylic acid groups (broad SMARTS) is 1. The van der Waals surface area contributed by atoms with Crippen LogP contribution < -0.4 is 4.74 Å². The van der Waals surface area contributed by atoms with Gasteiger partial charge in [-0.3, -0.25) is 5.10 Å². The number of ether oxygens (including phenoxy) is 1. The summed E-state index contributed by atoms with van der Waals surface area (Å²) in [7, 11) is 1.43. The third-order valence-corrected chi connectivity index (χ3v) is 5.51. The lowest BCUT2D eigenvalue weighted by molar-refractivity contribution is -0.131. The maximum absolute atomic E-state index is 11.7. The van der Waals surface area contributed by atoms with Crippen LogP contribution in [0.4, 0.5) is 0 Å². The molecule has 2 aromatic carbocycles. The average molecular weight is 530 g/mol. The van der Waals surface area contributed by atoms with Crippen molar-refractivity contribution in [2.75, 3.05) is 7.11 Å². The quantitative estimate of drug-likeness (QED) is 0.242. The molecule has 0 bridgehead atoms. The number of hydrogen-bond donors (Lipinski definition) is 3.